The molecular weight excluding hydrogens is 426 g/mol. The van der Waals surface area contributed by atoms with Crippen LogP contribution in [0.3, 0.4) is 0 Å². The Morgan fingerprint density at radius 3 is 2.73 bits per heavy atom. The second-order valence-corrected chi connectivity index (χ2v) is 9.10. The van der Waals surface area contributed by atoms with Gasteiger partial charge in [-0.25, -0.2) is 8.42 Å². The van der Waals surface area contributed by atoms with Crippen molar-refractivity contribution in [1.29, 1.82) is 0 Å². The van der Waals surface area contributed by atoms with E-state index in [9.17, 15) is 13.2 Å². The largest absolute Gasteiger partial charge is 0.481 e. The van der Waals surface area contributed by atoms with Crippen LogP contribution in [0, 0.1) is 0 Å². The van der Waals surface area contributed by atoms with Crippen molar-refractivity contribution in [2.24, 2.45) is 4.99 Å². The van der Waals surface area contributed by atoms with Gasteiger partial charge in [0.2, 0.25) is 0 Å². The lowest BCUT2D eigenvalue weighted by atomic mass is 10.2. The van der Waals surface area contributed by atoms with Crippen molar-refractivity contribution in [1.82, 2.24) is 4.72 Å². The summed E-state index contributed by atoms with van der Waals surface area (Å²) in [6.45, 7) is 2.22. The number of benzene rings is 2. The number of carbonyl (C=O) groups excluding carboxylic acids is 1. The highest BCUT2D eigenvalue weighted by molar-refractivity contribution is 7.90. The van der Waals surface area contributed by atoms with Crippen LogP contribution in [-0.4, -0.2) is 32.8 Å². The summed E-state index contributed by atoms with van der Waals surface area (Å²) in [4.78, 5) is 16.8. The van der Waals surface area contributed by atoms with E-state index in [0.717, 1.165) is 19.3 Å². The van der Waals surface area contributed by atoms with E-state index >= 15 is 0 Å². The smallest absolute Gasteiger partial charge is 0.265 e. The third-order valence-electron chi connectivity index (χ3n) is 4.52. The number of carbonyl (C=O) groups is 1. The van der Waals surface area contributed by atoms with Gasteiger partial charge in [0.1, 0.15) is 11.6 Å². The monoisotopic (exact) mass is 449 g/mol. The van der Waals surface area contributed by atoms with Crippen molar-refractivity contribution in [3.63, 3.8) is 0 Å². The van der Waals surface area contributed by atoms with E-state index in [2.05, 4.69) is 15.0 Å². The van der Waals surface area contributed by atoms with Crippen LogP contribution in [0.1, 0.15) is 32.6 Å². The van der Waals surface area contributed by atoms with Gasteiger partial charge in [-0.05, 0) is 56.2 Å². The van der Waals surface area contributed by atoms with Crippen molar-refractivity contribution in [3.05, 3.63) is 53.6 Å². The highest BCUT2D eigenvalue weighted by Crippen LogP contribution is 2.20. The lowest BCUT2D eigenvalue weighted by Gasteiger charge is -2.15. The van der Waals surface area contributed by atoms with E-state index in [1.54, 1.807) is 43.3 Å². The van der Waals surface area contributed by atoms with Gasteiger partial charge in [-0.1, -0.05) is 30.2 Å². The lowest BCUT2D eigenvalue weighted by Crippen LogP contribution is -2.31. The molecule has 0 saturated carbocycles. The number of halogens is 1. The highest BCUT2D eigenvalue weighted by Gasteiger charge is 2.19. The molecule has 0 saturated heterocycles. The van der Waals surface area contributed by atoms with Gasteiger partial charge < -0.3 is 10.1 Å². The summed E-state index contributed by atoms with van der Waals surface area (Å²) < 4.78 is 33.6. The van der Waals surface area contributed by atoms with Gasteiger partial charge in [0.15, 0.2) is 6.10 Å². The standard InChI is InChI=1S/C21H24ClN3O4S/c1-15(29-18-9-5-7-16(22)13-18)21(26)24-17-8-6-10-19(14-17)30(27,28)25-20-11-3-2-4-12-23-20/h5-10,13-15H,2-4,11-12H2,1H3,(H,23,25)(H,24,26). The minimum Gasteiger partial charge on any atom is -0.481 e. The number of sulfonamides is 1. The molecule has 1 atom stereocenters. The number of amides is 1. The summed E-state index contributed by atoms with van der Waals surface area (Å²) in [5.41, 5.74) is 0.354. The molecule has 0 aliphatic carbocycles. The van der Waals surface area contributed by atoms with Crippen LogP contribution in [-0.2, 0) is 14.8 Å². The number of hydrogen-bond acceptors (Lipinski definition) is 5. The predicted molar refractivity (Wildman–Crippen MR) is 118 cm³/mol. The van der Waals surface area contributed by atoms with E-state index in [1.165, 1.54) is 12.1 Å². The molecule has 0 spiro atoms. The second-order valence-electron chi connectivity index (χ2n) is 6.98. The molecule has 7 nitrogen and oxygen atoms in total. The molecule has 1 amide bonds. The SMILES string of the molecule is CC(Oc1cccc(Cl)c1)C(=O)Nc1cccc(S(=O)(=O)NC2=NCCCCC2)c1. The van der Waals surface area contributed by atoms with Gasteiger partial charge in [0.25, 0.3) is 15.9 Å². The van der Waals surface area contributed by atoms with Crippen molar-refractivity contribution in [2.45, 2.75) is 43.6 Å². The average molecular weight is 450 g/mol. The fourth-order valence-electron chi connectivity index (χ4n) is 2.95. The van der Waals surface area contributed by atoms with E-state index in [4.69, 9.17) is 16.3 Å². The van der Waals surface area contributed by atoms with Crippen LogP contribution in [0.4, 0.5) is 5.69 Å². The second kappa shape index (κ2) is 9.95. The van der Waals surface area contributed by atoms with Crippen LogP contribution in [0.2, 0.25) is 5.02 Å². The summed E-state index contributed by atoms with van der Waals surface area (Å²) in [6.07, 6.45) is 2.70. The first-order valence-corrected chi connectivity index (χ1v) is 11.6. The first-order chi connectivity index (χ1) is 14.3. The Morgan fingerprint density at radius 1 is 1.13 bits per heavy atom. The number of aliphatic imine (C=N–C) groups is 1. The van der Waals surface area contributed by atoms with Gasteiger partial charge >= 0.3 is 0 Å². The van der Waals surface area contributed by atoms with Crippen LogP contribution in [0.25, 0.3) is 0 Å². The first kappa shape index (κ1) is 22.1. The van der Waals surface area contributed by atoms with Crippen LogP contribution in [0.5, 0.6) is 5.75 Å². The molecule has 2 aromatic rings. The molecule has 1 unspecified atom stereocenters. The summed E-state index contributed by atoms with van der Waals surface area (Å²) in [5, 5.41) is 3.19. The summed E-state index contributed by atoms with van der Waals surface area (Å²) in [6, 6.07) is 12.8. The topological polar surface area (TPSA) is 96.9 Å². The Labute approximate surface area is 181 Å². The molecule has 0 fully saturated rings. The molecular formula is C21H24ClN3O4S. The Morgan fingerprint density at radius 2 is 1.93 bits per heavy atom. The average Bonchev–Trinajstić information content (AvgIpc) is 2.96. The normalized spacial score (nSPS) is 15.5. The molecule has 0 aromatic heterocycles. The molecule has 1 aliphatic heterocycles. The van der Waals surface area contributed by atoms with Crippen molar-refractivity contribution in [2.75, 3.05) is 11.9 Å². The number of hydrogen-bond donors (Lipinski definition) is 2. The predicted octanol–water partition coefficient (Wildman–Crippen LogP) is 4.00. The molecule has 30 heavy (non-hydrogen) atoms. The summed E-state index contributed by atoms with van der Waals surface area (Å²) in [5.74, 6) is 0.533. The molecule has 9 heteroatoms. The lowest BCUT2D eigenvalue weighted by molar-refractivity contribution is -0.122. The maximum Gasteiger partial charge on any atom is 0.265 e. The third kappa shape index (κ3) is 6.21. The third-order valence-corrected chi connectivity index (χ3v) is 6.13. The molecule has 0 radical (unpaired) electrons. The minimum atomic E-state index is -3.79. The fourth-order valence-corrected chi connectivity index (χ4v) is 4.27. The van der Waals surface area contributed by atoms with Gasteiger partial charge in [0, 0.05) is 23.7 Å². The van der Waals surface area contributed by atoms with E-state index in [-0.39, 0.29) is 4.90 Å². The van der Waals surface area contributed by atoms with Gasteiger partial charge in [0.05, 0.1) is 4.90 Å². The summed E-state index contributed by atoms with van der Waals surface area (Å²) >= 11 is 5.92. The molecule has 2 aromatic carbocycles. The quantitative estimate of drug-likeness (QED) is 0.696. The van der Waals surface area contributed by atoms with Gasteiger partial charge in [-0.2, -0.15) is 0 Å². The number of nitrogens with zero attached hydrogens (tertiary/aromatic N) is 1. The zero-order valence-corrected chi connectivity index (χ0v) is 18.2. The van der Waals surface area contributed by atoms with Gasteiger partial charge in [-0.15, -0.1) is 0 Å². The van der Waals surface area contributed by atoms with Crippen molar-refractivity contribution < 1.29 is 17.9 Å². The highest BCUT2D eigenvalue weighted by atomic mass is 35.5. The fraction of sp³-hybridized carbons (Fsp3) is 0.333. The molecule has 1 aliphatic rings. The number of ether oxygens (including phenoxy) is 1. The Kier molecular flexibility index (Phi) is 7.33. The Balaban J connectivity index is 1.66. The van der Waals surface area contributed by atoms with Crippen LogP contribution in [0.15, 0.2) is 58.4 Å². The van der Waals surface area contributed by atoms with Crippen molar-refractivity contribution >= 4 is 39.1 Å². The maximum atomic E-state index is 12.7. The van der Waals surface area contributed by atoms with E-state index in [1.807, 2.05) is 0 Å². The maximum absolute atomic E-state index is 12.7. The number of amidine groups is 1. The molecule has 1 heterocycles. The number of anilines is 1. The number of nitrogens with one attached hydrogen (secondary N) is 2. The van der Waals surface area contributed by atoms with Crippen LogP contribution >= 0.6 is 11.6 Å². The van der Waals surface area contributed by atoms with E-state index in [0.29, 0.717) is 35.3 Å². The van der Waals surface area contributed by atoms with Crippen molar-refractivity contribution in [3.8, 4) is 5.75 Å². The zero-order chi connectivity index (χ0) is 21.6. The minimum absolute atomic E-state index is 0.0515. The molecule has 160 valence electrons. The zero-order valence-electron chi connectivity index (χ0n) is 16.6. The molecule has 0 bridgehead atoms. The van der Waals surface area contributed by atoms with Crippen LogP contribution < -0.4 is 14.8 Å². The molecule has 2 N–H and O–H groups in total. The summed E-state index contributed by atoms with van der Waals surface area (Å²) in [7, 11) is -3.79. The Hall–Kier alpha value is -2.58. The van der Waals surface area contributed by atoms with E-state index < -0.39 is 22.0 Å². The first-order valence-electron chi connectivity index (χ1n) is 9.73. The molecule has 3 rings (SSSR count). The van der Waals surface area contributed by atoms with Gasteiger partial charge in [-0.3, -0.25) is 14.5 Å². The number of rotatable bonds is 6. The Bertz CT molecular complexity index is 1040.